The van der Waals surface area contributed by atoms with Crippen molar-refractivity contribution >= 4 is 23.8 Å². The van der Waals surface area contributed by atoms with E-state index < -0.39 is 0 Å². The third kappa shape index (κ3) is 2.10. The number of H-pyrrole nitrogens is 1. The molecule has 0 saturated heterocycles. The summed E-state index contributed by atoms with van der Waals surface area (Å²) in [6, 6.07) is 3.78. The zero-order valence-corrected chi connectivity index (χ0v) is 11.4. The molecule has 1 N–H and O–H groups in total. The number of imidazole rings is 1. The van der Waals surface area contributed by atoms with Crippen LogP contribution in [0.5, 0.6) is 5.75 Å². The number of nitrogens with zero attached hydrogens (tertiary/aromatic N) is 1. The molecule has 0 aliphatic rings. The van der Waals surface area contributed by atoms with Crippen LogP contribution in [0.4, 0.5) is 0 Å². The van der Waals surface area contributed by atoms with Crippen LogP contribution in [0, 0.1) is 18.6 Å². The third-order valence-electron chi connectivity index (χ3n) is 2.66. The number of aromatic nitrogens is 2. The molecular formula is C12H13ClN2OS. The molecule has 17 heavy (non-hydrogen) atoms. The van der Waals surface area contributed by atoms with Gasteiger partial charge in [0.25, 0.3) is 0 Å². The minimum Gasteiger partial charge on any atom is -0.495 e. The first-order valence-corrected chi connectivity index (χ1v) is 5.94. The second-order valence-corrected chi connectivity index (χ2v) is 4.64. The number of aromatic amines is 1. The van der Waals surface area contributed by atoms with Gasteiger partial charge >= 0.3 is 0 Å². The molecule has 90 valence electrons. The summed E-state index contributed by atoms with van der Waals surface area (Å²) in [5, 5.41) is 0.685. The summed E-state index contributed by atoms with van der Waals surface area (Å²) in [6.07, 6.45) is 1.87. The number of nitrogens with one attached hydrogen (secondary N) is 1. The van der Waals surface area contributed by atoms with Crippen molar-refractivity contribution in [2.75, 3.05) is 7.11 Å². The average Bonchev–Trinajstić information content (AvgIpc) is 2.62. The van der Waals surface area contributed by atoms with Gasteiger partial charge in [-0.2, -0.15) is 0 Å². The van der Waals surface area contributed by atoms with Crippen LogP contribution >= 0.6 is 23.8 Å². The van der Waals surface area contributed by atoms with Crippen molar-refractivity contribution in [1.29, 1.82) is 0 Å². The van der Waals surface area contributed by atoms with Crippen molar-refractivity contribution in [2.24, 2.45) is 0 Å². The van der Waals surface area contributed by atoms with E-state index >= 15 is 0 Å². The van der Waals surface area contributed by atoms with Crippen LogP contribution in [-0.2, 0) is 0 Å². The Balaban J connectivity index is 2.75. The Bertz CT molecular complexity index is 615. The minimum atomic E-state index is 0.641. The van der Waals surface area contributed by atoms with Gasteiger partial charge in [0.15, 0.2) is 4.77 Å². The number of rotatable bonds is 2. The van der Waals surface area contributed by atoms with E-state index in [2.05, 4.69) is 4.98 Å². The molecule has 5 heteroatoms. The summed E-state index contributed by atoms with van der Waals surface area (Å²) in [5.41, 5.74) is 2.91. The van der Waals surface area contributed by atoms with Gasteiger partial charge in [-0.05, 0) is 37.7 Å². The number of hydrogen-bond donors (Lipinski definition) is 1. The maximum Gasteiger partial charge on any atom is 0.182 e. The predicted octanol–water partition coefficient (Wildman–Crippen LogP) is 3.81. The molecule has 0 atom stereocenters. The van der Waals surface area contributed by atoms with Gasteiger partial charge in [0.1, 0.15) is 5.75 Å². The number of aryl methyl sites for hydroxylation is 2. The van der Waals surface area contributed by atoms with Crippen molar-refractivity contribution in [3.8, 4) is 11.4 Å². The van der Waals surface area contributed by atoms with Gasteiger partial charge in [0.2, 0.25) is 0 Å². The summed E-state index contributed by atoms with van der Waals surface area (Å²) < 4.78 is 7.92. The van der Waals surface area contributed by atoms with Crippen molar-refractivity contribution in [2.45, 2.75) is 13.8 Å². The fourth-order valence-electron chi connectivity index (χ4n) is 1.74. The van der Waals surface area contributed by atoms with E-state index in [0.717, 1.165) is 16.9 Å². The zero-order valence-electron chi connectivity index (χ0n) is 9.87. The largest absolute Gasteiger partial charge is 0.495 e. The summed E-state index contributed by atoms with van der Waals surface area (Å²) in [6.45, 7) is 3.94. The molecule has 0 saturated carbocycles. The van der Waals surface area contributed by atoms with E-state index in [1.165, 1.54) is 0 Å². The predicted molar refractivity (Wildman–Crippen MR) is 72.0 cm³/mol. The molecule has 0 radical (unpaired) electrons. The molecule has 0 aliphatic carbocycles. The highest BCUT2D eigenvalue weighted by molar-refractivity contribution is 7.71. The van der Waals surface area contributed by atoms with Crippen molar-refractivity contribution < 1.29 is 4.74 Å². The zero-order chi connectivity index (χ0) is 12.6. The van der Waals surface area contributed by atoms with E-state index in [0.29, 0.717) is 15.5 Å². The smallest absolute Gasteiger partial charge is 0.182 e. The number of ether oxygens (including phenoxy) is 1. The topological polar surface area (TPSA) is 29.9 Å². The molecule has 1 heterocycles. The Hall–Kier alpha value is -1.26. The third-order valence-corrected chi connectivity index (χ3v) is 3.37. The van der Waals surface area contributed by atoms with Gasteiger partial charge < -0.3 is 9.72 Å². The first-order chi connectivity index (χ1) is 8.04. The molecule has 0 fully saturated rings. The van der Waals surface area contributed by atoms with Crippen LogP contribution in [0.3, 0.4) is 0 Å². The number of benzene rings is 1. The van der Waals surface area contributed by atoms with E-state index in [1.807, 2.05) is 30.7 Å². The first-order valence-electron chi connectivity index (χ1n) is 5.16. The average molecular weight is 269 g/mol. The number of halogens is 1. The Morgan fingerprint density at radius 2 is 2.06 bits per heavy atom. The highest BCUT2D eigenvalue weighted by Gasteiger charge is 2.11. The van der Waals surface area contributed by atoms with Crippen LogP contribution in [0.1, 0.15) is 11.3 Å². The van der Waals surface area contributed by atoms with Crippen LogP contribution in [0.2, 0.25) is 5.02 Å². The molecule has 3 nitrogen and oxygen atoms in total. The molecule has 0 spiro atoms. The molecule has 1 aromatic heterocycles. The second kappa shape index (κ2) is 4.55. The molecule has 2 rings (SSSR count). The molecule has 2 aromatic rings. The maximum atomic E-state index is 6.08. The second-order valence-electron chi connectivity index (χ2n) is 3.84. The fraction of sp³-hybridized carbons (Fsp3) is 0.250. The van der Waals surface area contributed by atoms with Crippen LogP contribution < -0.4 is 4.74 Å². The van der Waals surface area contributed by atoms with Crippen LogP contribution in [0.25, 0.3) is 5.69 Å². The highest BCUT2D eigenvalue weighted by Crippen LogP contribution is 2.30. The van der Waals surface area contributed by atoms with E-state index in [-0.39, 0.29) is 0 Å². The molecular weight excluding hydrogens is 256 g/mol. The Kier molecular flexibility index (Phi) is 3.26. The van der Waals surface area contributed by atoms with Gasteiger partial charge in [-0.1, -0.05) is 11.6 Å². The summed E-state index contributed by atoms with van der Waals surface area (Å²) in [5.74, 6) is 0.708. The van der Waals surface area contributed by atoms with Gasteiger partial charge in [-0.15, -0.1) is 0 Å². The highest BCUT2D eigenvalue weighted by atomic mass is 35.5. The Labute approximate surface area is 110 Å². The minimum absolute atomic E-state index is 0.641. The normalized spacial score (nSPS) is 10.6. The Morgan fingerprint density at radius 1 is 1.35 bits per heavy atom. The summed E-state index contributed by atoms with van der Waals surface area (Å²) in [7, 11) is 1.62. The van der Waals surface area contributed by atoms with Crippen molar-refractivity contribution in [3.05, 3.63) is 39.4 Å². The summed E-state index contributed by atoms with van der Waals surface area (Å²) >= 11 is 11.3. The lowest BCUT2D eigenvalue weighted by atomic mass is 10.2. The van der Waals surface area contributed by atoms with E-state index in [4.69, 9.17) is 28.6 Å². The van der Waals surface area contributed by atoms with Crippen molar-refractivity contribution in [1.82, 2.24) is 9.55 Å². The molecule has 0 amide bonds. The quantitative estimate of drug-likeness (QED) is 0.840. The number of methoxy groups -OCH3 is 1. The summed E-state index contributed by atoms with van der Waals surface area (Å²) in [4.78, 5) is 3.01. The number of hydrogen-bond acceptors (Lipinski definition) is 2. The van der Waals surface area contributed by atoms with Gasteiger partial charge in [0, 0.05) is 23.0 Å². The van der Waals surface area contributed by atoms with Crippen LogP contribution in [0.15, 0.2) is 18.3 Å². The first kappa shape index (κ1) is 12.2. The SMILES string of the molecule is COc1cc(Cl)c(C)cc1-n1c(C)c[nH]c1=S. The lowest BCUT2D eigenvalue weighted by molar-refractivity contribution is 0.412. The van der Waals surface area contributed by atoms with E-state index in [1.54, 1.807) is 13.2 Å². The lowest BCUT2D eigenvalue weighted by Crippen LogP contribution is -2.01. The molecule has 1 aromatic carbocycles. The Morgan fingerprint density at radius 3 is 2.59 bits per heavy atom. The van der Waals surface area contributed by atoms with Crippen LogP contribution in [-0.4, -0.2) is 16.7 Å². The van der Waals surface area contributed by atoms with Crippen molar-refractivity contribution in [3.63, 3.8) is 0 Å². The fourth-order valence-corrected chi connectivity index (χ4v) is 2.20. The monoisotopic (exact) mass is 268 g/mol. The van der Waals surface area contributed by atoms with E-state index in [9.17, 15) is 0 Å². The lowest BCUT2D eigenvalue weighted by Gasteiger charge is -2.13. The molecule has 0 aliphatic heterocycles. The van der Waals surface area contributed by atoms with Gasteiger partial charge in [0.05, 0.1) is 12.8 Å². The van der Waals surface area contributed by atoms with Gasteiger partial charge in [-0.3, -0.25) is 4.57 Å². The molecule has 0 bridgehead atoms. The van der Waals surface area contributed by atoms with Gasteiger partial charge in [-0.25, -0.2) is 0 Å². The standard InChI is InChI=1S/C12H13ClN2OS/c1-7-4-10(11(16-3)5-9(7)13)15-8(2)6-14-12(15)17/h4-6H,1-3H3,(H,14,17). The maximum absolute atomic E-state index is 6.08. The molecule has 0 unspecified atom stereocenters.